The van der Waals surface area contributed by atoms with Gasteiger partial charge in [0.1, 0.15) is 5.38 Å². The number of nitrogens with zero attached hydrogens (tertiary/aromatic N) is 2. The third kappa shape index (κ3) is 3.68. The zero-order valence-electron chi connectivity index (χ0n) is 12.2. The highest BCUT2D eigenvalue weighted by atomic mass is 35.5. The highest BCUT2D eigenvalue weighted by molar-refractivity contribution is 7.90. The number of non-ortho nitro benzene ring substituents is 1. The summed E-state index contributed by atoms with van der Waals surface area (Å²) in [4.78, 5) is 21.6. The van der Waals surface area contributed by atoms with E-state index in [0.717, 1.165) is 18.2 Å². The summed E-state index contributed by atoms with van der Waals surface area (Å²) in [7, 11) is -4.40. The molecular weight excluding hydrogens is 438 g/mol. The number of carbonyl (C=O) groups excluding carboxylic acids is 1. The first-order valence-electron chi connectivity index (χ1n) is 6.42. The van der Waals surface area contributed by atoms with Crippen LogP contribution in [0.1, 0.15) is 6.92 Å². The number of hydrogen-bond acceptors (Lipinski definition) is 5. The SMILES string of the molecule is CC1=C(Cl)C(=O)C(Cl)(Cl)[C@H](Cl)C1=NS(=O)(=O)c1cccc([N+](=O)[O-])c1. The number of hydrogen-bond donors (Lipinski definition) is 0. The summed E-state index contributed by atoms with van der Waals surface area (Å²) in [6.07, 6.45) is 0. The lowest BCUT2D eigenvalue weighted by molar-refractivity contribution is -0.385. The van der Waals surface area contributed by atoms with Crippen LogP contribution in [0.2, 0.25) is 0 Å². The summed E-state index contributed by atoms with van der Waals surface area (Å²) in [6.45, 7) is 1.33. The standard InChI is InChI=1S/C13H8Cl4N2O5S/c1-6-9(14)12(20)13(16,17)11(15)10(6)18-25(23,24)8-4-2-3-7(5-8)19(21)22/h2-5,11H,1H3/t11-/m1/s1. The Morgan fingerprint density at radius 2 is 1.92 bits per heavy atom. The first kappa shape index (κ1) is 20.1. The van der Waals surface area contributed by atoms with Crippen molar-refractivity contribution in [3.05, 3.63) is 45.0 Å². The molecule has 134 valence electrons. The van der Waals surface area contributed by atoms with E-state index in [-0.39, 0.29) is 11.3 Å². The molecule has 0 fully saturated rings. The van der Waals surface area contributed by atoms with Crippen LogP contribution in [0.4, 0.5) is 5.69 Å². The fourth-order valence-corrected chi connectivity index (χ4v) is 4.20. The smallest absolute Gasteiger partial charge is 0.282 e. The maximum Gasteiger partial charge on any atom is 0.282 e. The van der Waals surface area contributed by atoms with E-state index in [4.69, 9.17) is 46.4 Å². The summed E-state index contributed by atoms with van der Waals surface area (Å²) in [5, 5.41) is 8.91. The summed E-state index contributed by atoms with van der Waals surface area (Å²) in [5.74, 6) is -0.873. The first-order chi connectivity index (χ1) is 11.4. The van der Waals surface area contributed by atoms with Gasteiger partial charge in [-0.3, -0.25) is 14.9 Å². The third-order valence-electron chi connectivity index (χ3n) is 3.32. The molecule has 12 heteroatoms. The fourth-order valence-electron chi connectivity index (χ4n) is 1.96. The highest BCUT2D eigenvalue weighted by Crippen LogP contribution is 2.41. The molecule has 25 heavy (non-hydrogen) atoms. The highest BCUT2D eigenvalue weighted by Gasteiger charge is 2.50. The average molecular weight is 446 g/mol. The number of Topliss-reactive ketones (excluding diaryl/α,β-unsaturated/α-hetero) is 1. The van der Waals surface area contributed by atoms with Gasteiger partial charge in [0.25, 0.3) is 15.7 Å². The van der Waals surface area contributed by atoms with E-state index in [1.54, 1.807) is 0 Å². The molecule has 2 rings (SSSR count). The molecule has 1 aromatic rings. The Balaban J connectivity index is 2.63. The summed E-state index contributed by atoms with van der Waals surface area (Å²) >= 11 is 23.6. The van der Waals surface area contributed by atoms with E-state index in [0.29, 0.717) is 0 Å². The molecule has 0 bridgehead atoms. The van der Waals surface area contributed by atoms with Crippen molar-refractivity contribution in [2.75, 3.05) is 0 Å². The Morgan fingerprint density at radius 1 is 1.32 bits per heavy atom. The van der Waals surface area contributed by atoms with Crippen LogP contribution >= 0.6 is 46.4 Å². The predicted octanol–water partition coefficient (Wildman–Crippen LogP) is 3.60. The molecular formula is C13H8Cl4N2O5S. The molecule has 0 unspecified atom stereocenters. The number of rotatable bonds is 3. The maximum atomic E-state index is 12.5. The summed E-state index contributed by atoms with van der Waals surface area (Å²) in [6, 6.07) is 4.28. The lowest BCUT2D eigenvalue weighted by atomic mass is 9.96. The second-order valence-corrected chi connectivity index (χ2v) is 8.76. The second-order valence-electron chi connectivity index (χ2n) is 4.96. The van der Waals surface area contributed by atoms with E-state index in [1.807, 2.05) is 0 Å². The number of nitro groups is 1. The van der Waals surface area contributed by atoms with Gasteiger partial charge in [-0.1, -0.05) is 40.9 Å². The van der Waals surface area contributed by atoms with Gasteiger partial charge in [0, 0.05) is 12.1 Å². The van der Waals surface area contributed by atoms with Gasteiger partial charge in [-0.05, 0) is 18.6 Å². The first-order valence-corrected chi connectivity index (χ1v) is 9.43. The Bertz CT molecular complexity index is 939. The van der Waals surface area contributed by atoms with Crippen LogP contribution in [0.3, 0.4) is 0 Å². The monoisotopic (exact) mass is 444 g/mol. The van der Waals surface area contributed by atoms with Gasteiger partial charge in [0.2, 0.25) is 10.1 Å². The predicted molar refractivity (Wildman–Crippen MR) is 95.4 cm³/mol. The maximum absolute atomic E-state index is 12.5. The van der Waals surface area contributed by atoms with Gasteiger partial charge in [0.05, 0.1) is 20.6 Å². The molecule has 0 spiro atoms. The minimum atomic E-state index is -4.40. The number of nitro benzene ring substituents is 1. The van der Waals surface area contributed by atoms with Gasteiger partial charge in [-0.2, -0.15) is 12.8 Å². The van der Waals surface area contributed by atoms with Crippen LogP contribution in [0.5, 0.6) is 0 Å². The molecule has 1 aromatic carbocycles. The van der Waals surface area contributed by atoms with E-state index >= 15 is 0 Å². The Kier molecular flexibility index (Phi) is 5.51. The number of benzene rings is 1. The van der Waals surface area contributed by atoms with Crippen molar-refractivity contribution in [2.24, 2.45) is 4.40 Å². The molecule has 0 amide bonds. The van der Waals surface area contributed by atoms with Crippen LogP contribution in [0.25, 0.3) is 0 Å². The number of alkyl halides is 3. The number of halogens is 4. The fraction of sp³-hybridized carbons (Fsp3) is 0.231. The van der Waals surface area contributed by atoms with E-state index in [2.05, 4.69) is 4.40 Å². The van der Waals surface area contributed by atoms with Crippen molar-refractivity contribution >= 4 is 73.6 Å². The van der Waals surface area contributed by atoms with Gasteiger partial charge in [-0.15, -0.1) is 11.6 Å². The number of allylic oxidation sites excluding steroid dienone is 2. The number of sulfonamides is 1. The van der Waals surface area contributed by atoms with Crippen LogP contribution in [-0.2, 0) is 14.8 Å². The molecule has 0 aliphatic heterocycles. The number of carbonyl (C=O) groups is 1. The molecule has 0 heterocycles. The second kappa shape index (κ2) is 6.85. The third-order valence-corrected chi connectivity index (χ3v) is 6.60. The van der Waals surface area contributed by atoms with E-state index in [9.17, 15) is 23.3 Å². The van der Waals surface area contributed by atoms with Crippen molar-refractivity contribution in [3.8, 4) is 0 Å². The zero-order chi connectivity index (χ0) is 19.2. The Labute approximate surface area is 162 Å². The minimum absolute atomic E-state index is 0.00222. The van der Waals surface area contributed by atoms with Gasteiger partial charge in [0.15, 0.2) is 0 Å². The molecule has 1 atom stereocenters. The van der Waals surface area contributed by atoms with Crippen LogP contribution < -0.4 is 0 Å². The quantitative estimate of drug-likeness (QED) is 0.401. The number of ketones is 1. The lowest BCUT2D eigenvalue weighted by Crippen LogP contribution is -2.46. The Hall–Kier alpha value is -1.19. The largest absolute Gasteiger partial charge is 0.290 e. The molecule has 0 aromatic heterocycles. The van der Waals surface area contributed by atoms with Crippen LogP contribution in [0, 0.1) is 10.1 Å². The average Bonchev–Trinajstić information content (AvgIpc) is 2.56. The summed E-state index contributed by atoms with van der Waals surface area (Å²) in [5.41, 5.74) is -0.753. The van der Waals surface area contributed by atoms with E-state index < -0.39 is 46.1 Å². The molecule has 1 aliphatic carbocycles. The molecule has 0 N–H and O–H groups in total. The van der Waals surface area contributed by atoms with Crippen molar-refractivity contribution in [1.29, 1.82) is 0 Å². The molecule has 1 aliphatic rings. The molecule has 0 saturated carbocycles. The van der Waals surface area contributed by atoms with Crippen LogP contribution in [0.15, 0.2) is 44.2 Å². The Morgan fingerprint density at radius 3 is 2.48 bits per heavy atom. The van der Waals surface area contributed by atoms with Crippen molar-refractivity contribution in [3.63, 3.8) is 0 Å². The van der Waals surface area contributed by atoms with Gasteiger partial charge < -0.3 is 0 Å². The van der Waals surface area contributed by atoms with Crippen LogP contribution in [-0.4, -0.2) is 34.5 Å². The normalized spacial score (nSPS) is 22.4. The van der Waals surface area contributed by atoms with Gasteiger partial charge >= 0.3 is 0 Å². The van der Waals surface area contributed by atoms with Gasteiger partial charge in [-0.25, -0.2) is 0 Å². The van der Waals surface area contributed by atoms with Crippen molar-refractivity contribution < 1.29 is 18.1 Å². The summed E-state index contributed by atoms with van der Waals surface area (Å²) < 4.78 is 26.3. The van der Waals surface area contributed by atoms with Crippen molar-refractivity contribution in [2.45, 2.75) is 21.5 Å². The topological polar surface area (TPSA) is 107 Å². The minimum Gasteiger partial charge on any atom is -0.290 e. The molecule has 0 radical (unpaired) electrons. The van der Waals surface area contributed by atoms with E-state index in [1.165, 1.54) is 13.0 Å². The molecule has 0 saturated heterocycles. The molecule has 7 nitrogen and oxygen atoms in total. The van der Waals surface area contributed by atoms with Crippen molar-refractivity contribution in [1.82, 2.24) is 0 Å². The zero-order valence-corrected chi connectivity index (χ0v) is 16.1. The lowest BCUT2D eigenvalue weighted by Gasteiger charge is -2.30.